The van der Waals surface area contributed by atoms with E-state index >= 15 is 0 Å². The van der Waals surface area contributed by atoms with Crippen LogP contribution in [0, 0.1) is 6.92 Å². The molecule has 0 aliphatic carbocycles. The molecule has 6 nitrogen and oxygen atoms in total. The molecule has 0 saturated carbocycles. The molecule has 0 aliphatic heterocycles. The molecule has 6 heteroatoms. The highest BCUT2D eigenvalue weighted by molar-refractivity contribution is 5.74. The van der Waals surface area contributed by atoms with Gasteiger partial charge in [-0.15, -0.1) is 0 Å². The number of aryl methyl sites for hydroxylation is 1. The molecule has 0 atom stereocenters. The van der Waals surface area contributed by atoms with Crippen LogP contribution in [0.3, 0.4) is 0 Å². The quantitative estimate of drug-likeness (QED) is 0.730. The third-order valence-corrected chi connectivity index (χ3v) is 2.65. The van der Waals surface area contributed by atoms with E-state index in [2.05, 4.69) is 16.0 Å². The monoisotopic (exact) mass is 307 g/mol. The van der Waals surface area contributed by atoms with Gasteiger partial charge in [0.1, 0.15) is 5.60 Å². The van der Waals surface area contributed by atoms with E-state index in [1.165, 1.54) is 5.56 Å². The smallest absolute Gasteiger partial charge is 0.407 e. The second kappa shape index (κ2) is 8.26. The average Bonchev–Trinajstić information content (AvgIpc) is 2.41. The lowest BCUT2D eigenvalue weighted by Crippen LogP contribution is -2.41. The van der Waals surface area contributed by atoms with Crippen LogP contribution in [0.2, 0.25) is 0 Å². The highest BCUT2D eigenvalue weighted by Crippen LogP contribution is 2.06. The van der Waals surface area contributed by atoms with Crippen LogP contribution in [-0.2, 0) is 11.3 Å². The molecule has 0 heterocycles. The molecule has 0 spiro atoms. The number of urea groups is 1. The molecule has 0 aliphatic rings. The predicted molar refractivity (Wildman–Crippen MR) is 85.7 cm³/mol. The maximum Gasteiger partial charge on any atom is 0.407 e. The minimum Gasteiger partial charge on any atom is -0.444 e. The lowest BCUT2D eigenvalue weighted by atomic mass is 10.1. The summed E-state index contributed by atoms with van der Waals surface area (Å²) < 4.78 is 5.08. The molecular formula is C16H25N3O3. The molecule has 122 valence electrons. The molecule has 3 amide bonds. The number of ether oxygens (including phenoxy) is 1. The van der Waals surface area contributed by atoms with Crippen molar-refractivity contribution in [3.8, 4) is 0 Å². The van der Waals surface area contributed by atoms with Gasteiger partial charge in [0.05, 0.1) is 0 Å². The molecule has 3 N–H and O–H groups in total. The first kappa shape index (κ1) is 17.8. The van der Waals surface area contributed by atoms with Gasteiger partial charge in [0, 0.05) is 19.6 Å². The van der Waals surface area contributed by atoms with Gasteiger partial charge in [0.25, 0.3) is 0 Å². The van der Waals surface area contributed by atoms with Crippen molar-refractivity contribution in [2.45, 2.75) is 39.8 Å². The van der Waals surface area contributed by atoms with E-state index in [9.17, 15) is 9.59 Å². The average molecular weight is 307 g/mol. The number of benzene rings is 1. The van der Waals surface area contributed by atoms with Gasteiger partial charge in [-0.1, -0.05) is 29.8 Å². The number of alkyl carbamates (subject to hydrolysis) is 1. The van der Waals surface area contributed by atoms with E-state index in [0.717, 1.165) is 5.56 Å². The Morgan fingerprint density at radius 3 is 2.18 bits per heavy atom. The molecule has 0 fully saturated rings. The molecule has 0 saturated heterocycles. The largest absolute Gasteiger partial charge is 0.444 e. The molecule has 0 unspecified atom stereocenters. The Kier molecular flexibility index (Phi) is 6.69. The Balaban J connectivity index is 2.13. The Morgan fingerprint density at radius 1 is 1.00 bits per heavy atom. The van der Waals surface area contributed by atoms with Crippen LogP contribution in [0.1, 0.15) is 31.9 Å². The topological polar surface area (TPSA) is 79.5 Å². The summed E-state index contributed by atoms with van der Waals surface area (Å²) in [6.07, 6.45) is -0.491. The normalized spacial score (nSPS) is 10.7. The standard InChI is InChI=1S/C16H25N3O3/c1-12-5-7-13(8-6-12)11-19-14(20)17-9-10-18-15(21)22-16(2,3)4/h5-8H,9-11H2,1-4H3,(H,18,21)(H2,17,19,20). The first-order chi connectivity index (χ1) is 10.3. The zero-order chi connectivity index (χ0) is 16.6. The van der Waals surface area contributed by atoms with Crippen LogP contribution in [0.25, 0.3) is 0 Å². The van der Waals surface area contributed by atoms with Crippen LogP contribution in [0.5, 0.6) is 0 Å². The van der Waals surface area contributed by atoms with Gasteiger partial charge >= 0.3 is 12.1 Å². The Labute approximate surface area is 131 Å². The SMILES string of the molecule is Cc1ccc(CNC(=O)NCCNC(=O)OC(C)(C)C)cc1. The fourth-order valence-electron chi connectivity index (χ4n) is 1.61. The second-order valence-electron chi connectivity index (χ2n) is 6.02. The van der Waals surface area contributed by atoms with E-state index in [4.69, 9.17) is 4.74 Å². The fraction of sp³-hybridized carbons (Fsp3) is 0.500. The summed E-state index contributed by atoms with van der Waals surface area (Å²) in [5, 5.41) is 7.98. The van der Waals surface area contributed by atoms with Gasteiger partial charge in [-0.2, -0.15) is 0 Å². The number of carbonyl (C=O) groups is 2. The summed E-state index contributed by atoms with van der Waals surface area (Å²) in [4.78, 5) is 23.0. The Hall–Kier alpha value is -2.24. The number of nitrogens with one attached hydrogen (secondary N) is 3. The van der Waals surface area contributed by atoms with Crippen molar-refractivity contribution in [1.29, 1.82) is 0 Å². The van der Waals surface area contributed by atoms with Crippen molar-refractivity contribution in [3.63, 3.8) is 0 Å². The number of carbonyl (C=O) groups excluding carboxylic acids is 2. The van der Waals surface area contributed by atoms with Gasteiger partial charge in [-0.05, 0) is 33.3 Å². The van der Waals surface area contributed by atoms with Gasteiger partial charge in [0.15, 0.2) is 0 Å². The number of hydrogen-bond acceptors (Lipinski definition) is 3. The molecule has 0 aromatic heterocycles. The number of hydrogen-bond donors (Lipinski definition) is 3. The summed E-state index contributed by atoms with van der Waals surface area (Å²) in [5.41, 5.74) is 1.69. The third kappa shape index (κ3) is 8.14. The zero-order valence-corrected chi connectivity index (χ0v) is 13.7. The third-order valence-electron chi connectivity index (χ3n) is 2.65. The van der Waals surface area contributed by atoms with E-state index in [-0.39, 0.29) is 6.03 Å². The summed E-state index contributed by atoms with van der Waals surface area (Å²) >= 11 is 0. The van der Waals surface area contributed by atoms with Crippen LogP contribution in [0.4, 0.5) is 9.59 Å². The number of amides is 3. The first-order valence-corrected chi connectivity index (χ1v) is 7.30. The number of rotatable bonds is 5. The molecule has 0 bridgehead atoms. The van der Waals surface area contributed by atoms with Crippen molar-refractivity contribution < 1.29 is 14.3 Å². The summed E-state index contributed by atoms with van der Waals surface area (Å²) in [5.74, 6) is 0. The van der Waals surface area contributed by atoms with Crippen LogP contribution in [-0.4, -0.2) is 30.8 Å². The molecule has 22 heavy (non-hydrogen) atoms. The molecule has 1 aromatic rings. The van der Waals surface area contributed by atoms with E-state index in [0.29, 0.717) is 19.6 Å². The maximum atomic E-state index is 11.6. The minimum atomic E-state index is -0.525. The summed E-state index contributed by atoms with van der Waals surface area (Å²) in [6.45, 7) is 8.51. The highest BCUT2D eigenvalue weighted by Gasteiger charge is 2.15. The molecular weight excluding hydrogens is 282 g/mol. The Bertz CT molecular complexity index is 492. The van der Waals surface area contributed by atoms with Crippen molar-refractivity contribution in [1.82, 2.24) is 16.0 Å². The van der Waals surface area contributed by atoms with Gasteiger partial charge in [0.2, 0.25) is 0 Å². The first-order valence-electron chi connectivity index (χ1n) is 7.30. The zero-order valence-electron chi connectivity index (χ0n) is 13.7. The molecule has 0 radical (unpaired) electrons. The maximum absolute atomic E-state index is 11.6. The molecule has 1 aromatic carbocycles. The van der Waals surface area contributed by atoms with E-state index in [1.54, 1.807) is 20.8 Å². The van der Waals surface area contributed by atoms with Crippen LogP contribution in [0.15, 0.2) is 24.3 Å². The van der Waals surface area contributed by atoms with Crippen molar-refractivity contribution in [2.75, 3.05) is 13.1 Å². The lowest BCUT2D eigenvalue weighted by molar-refractivity contribution is 0.0528. The van der Waals surface area contributed by atoms with Crippen molar-refractivity contribution in [3.05, 3.63) is 35.4 Å². The Morgan fingerprint density at radius 2 is 1.59 bits per heavy atom. The van der Waals surface area contributed by atoms with Gasteiger partial charge in [-0.3, -0.25) is 0 Å². The van der Waals surface area contributed by atoms with Crippen LogP contribution < -0.4 is 16.0 Å². The summed E-state index contributed by atoms with van der Waals surface area (Å²) in [7, 11) is 0. The fourth-order valence-corrected chi connectivity index (χ4v) is 1.61. The van der Waals surface area contributed by atoms with Crippen LogP contribution >= 0.6 is 0 Å². The highest BCUT2D eigenvalue weighted by atomic mass is 16.6. The summed E-state index contributed by atoms with van der Waals surface area (Å²) in [6, 6.07) is 7.67. The second-order valence-corrected chi connectivity index (χ2v) is 6.02. The van der Waals surface area contributed by atoms with E-state index < -0.39 is 11.7 Å². The molecule has 1 rings (SSSR count). The van der Waals surface area contributed by atoms with E-state index in [1.807, 2.05) is 31.2 Å². The van der Waals surface area contributed by atoms with Crippen molar-refractivity contribution in [2.24, 2.45) is 0 Å². The van der Waals surface area contributed by atoms with Gasteiger partial charge < -0.3 is 20.7 Å². The lowest BCUT2D eigenvalue weighted by Gasteiger charge is -2.19. The minimum absolute atomic E-state index is 0.272. The predicted octanol–water partition coefficient (Wildman–Crippen LogP) is 2.32. The van der Waals surface area contributed by atoms with Gasteiger partial charge in [-0.25, -0.2) is 9.59 Å². The van der Waals surface area contributed by atoms with Crippen molar-refractivity contribution >= 4 is 12.1 Å².